The molecular weight excluding hydrogens is 1850 g/mol. The van der Waals surface area contributed by atoms with Crippen LogP contribution in [-0.4, -0.2) is 130 Å². The summed E-state index contributed by atoms with van der Waals surface area (Å²) >= 11 is 2.89. The molecule has 0 aliphatic carbocycles. The van der Waals surface area contributed by atoms with E-state index in [2.05, 4.69) is 33.9 Å². The zero-order valence-corrected chi connectivity index (χ0v) is 81.5. The van der Waals surface area contributed by atoms with Crippen molar-refractivity contribution in [3.8, 4) is 0 Å². The third kappa shape index (κ3) is 41.8. The first-order chi connectivity index (χ1) is 42.4. The maximum absolute atomic E-state index is 12.4. The molecule has 8 aromatic rings. The zero-order chi connectivity index (χ0) is 67.0. The number of aryl methyl sites for hydroxylation is 1. The molecule has 0 aromatic heterocycles. The number of esters is 2. The predicted molar refractivity (Wildman–Crippen MR) is 319 cm³/mol. The maximum Gasteiger partial charge on any atom is 0 e. The van der Waals surface area contributed by atoms with Gasteiger partial charge in [0.15, 0.2) is 17.1 Å². The fourth-order valence-corrected chi connectivity index (χ4v) is 7.00. The first-order valence-electron chi connectivity index (χ1n) is 25.1. The van der Waals surface area contributed by atoms with Gasteiger partial charge in [-0.2, -0.15) is 89.6 Å². The molecule has 8 rings (SSSR count). The van der Waals surface area contributed by atoms with Gasteiger partial charge in [-0.15, -0.1) is 23.8 Å². The molecule has 470 valence electrons. The summed E-state index contributed by atoms with van der Waals surface area (Å²) in [6.07, 6.45) is 1.01. The van der Waals surface area contributed by atoms with E-state index in [0.717, 1.165) is 28.8 Å². The van der Waals surface area contributed by atoms with Gasteiger partial charge in [0.05, 0.1) is 42.3 Å². The number of halogens is 1. The van der Waals surface area contributed by atoms with Crippen molar-refractivity contribution < 1.29 is 360 Å². The number of carbonyl (C=O) groups excluding carboxylic acids is 3. The van der Waals surface area contributed by atoms with E-state index >= 15 is 0 Å². The summed E-state index contributed by atoms with van der Waals surface area (Å²) in [4.78, 5) is 86.2. The third-order valence-electron chi connectivity index (χ3n) is 11.0. The second kappa shape index (κ2) is 61.8. The van der Waals surface area contributed by atoms with Crippen LogP contribution in [-0.2, 0) is 188 Å². The van der Waals surface area contributed by atoms with E-state index in [4.69, 9.17) is 47.6 Å². The Hall–Kier alpha value is -0.841. The summed E-state index contributed by atoms with van der Waals surface area (Å²) in [5, 5.41) is 58.4. The van der Waals surface area contributed by atoms with Gasteiger partial charge in [-0.25, -0.2) is 23.6 Å². The number of carbonyl (C=O) groups is 5. The molecule has 0 aliphatic rings. The normalized spacial score (nSPS) is 8.77. The topological polar surface area (TPSA) is 400 Å². The minimum Gasteiger partial charge on any atom is 0 e. The van der Waals surface area contributed by atoms with Gasteiger partial charge >= 0.3 is 224 Å². The number of nitrogen functional groups attached to an aromatic ring is 1. The second-order valence-electron chi connectivity index (χ2n) is 16.4. The van der Waals surface area contributed by atoms with E-state index in [-0.39, 0.29) is 312 Å². The summed E-state index contributed by atoms with van der Waals surface area (Å²) in [5.41, 5.74) is 12.2. The molecule has 0 atom stereocenters. The molecule has 36 heteroatoms. The van der Waals surface area contributed by atoms with Crippen LogP contribution in [0.2, 0.25) is 0 Å². The number of rotatable bonds is 14. The molecule has 0 aliphatic heterocycles. The van der Waals surface area contributed by atoms with Crippen LogP contribution in [0.25, 0.3) is 0 Å². The number of hydrogen-bond donors (Lipinski definition) is 3. The van der Waals surface area contributed by atoms with Crippen LogP contribution in [0.1, 0.15) is 81.8 Å². The van der Waals surface area contributed by atoms with Gasteiger partial charge in [-0.3, -0.25) is 35.1 Å². The molecule has 4 N–H and O–H groups in total. The molecule has 0 saturated heterocycles. The Balaban J connectivity index is -0.000000197. The standard InChI is InChI=1S/C15H12NO4.C14H10NO4.C14H12NO2.C9H10O2.C6H3FNO2.CH2O3.2Cs.2Na.O4S2.4Y.H/c1-20-15(17)13-8-4-2-6-11(13)10-12-7-3-5-9-14(12)16(18)19;16-14(17)12-7-3-1-5-10(12)9-11-6-2-4-8-13(11)15(18)19;15-13-8-4-2-6-11(13)9-10-5-1-3-7-12(10)14(16)17;1-7-5-3-4-6-8(7)9(10)11-2;7-5-3-1-2-4-6(5)8(9)10;2-1-4-3;;;;;1-5(2)6(3)4;;;;;/h2-4,6-9H,10H2,1H3;1-3,5-8H,9H2,(H,16,17);1-3,5-8H,9,15H2,(H,16,17);3-6H,1-2H3;1,3-4H;1,3H;;;;;;;;;;/q3*-1;;-1;;2*+1;;;;;;;;-1/p-1. The fourth-order valence-electron chi connectivity index (χ4n) is 7.00. The number of carboxylic acids is 2. The molecule has 4 radical (unpaired) electrons. The minimum atomic E-state index is -2.95. The first-order valence-corrected chi connectivity index (χ1v) is 35.8. The predicted octanol–water partition coefficient (Wildman–Crippen LogP) is 1.57. The summed E-state index contributed by atoms with van der Waals surface area (Å²) in [6.45, 7) is 1.70. The molecule has 0 spiro atoms. The van der Waals surface area contributed by atoms with Gasteiger partial charge in [-0.05, 0) is 72.7 Å². The zero-order valence-electron chi connectivity index (χ0n) is 52.9. The van der Waals surface area contributed by atoms with E-state index in [9.17, 15) is 53.9 Å². The number of nitrogens with two attached hydrogens (primary N) is 1. The average Bonchev–Trinajstić information content (AvgIpc) is 1.42. The molecule has 0 heterocycles. The van der Waals surface area contributed by atoms with Crippen molar-refractivity contribution in [3.63, 3.8) is 0 Å². The number of aromatic carboxylic acids is 2. The van der Waals surface area contributed by atoms with Crippen LogP contribution in [0, 0.1) is 67.3 Å². The van der Waals surface area contributed by atoms with Gasteiger partial charge in [0.1, 0.15) is 0 Å². The van der Waals surface area contributed by atoms with Gasteiger partial charge in [0.25, 0.3) is 6.47 Å². The van der Waals surface area contributed by atoms with Crippen molar-refractivity contribution in [1.82, 2.24) is 0 Å². The van der Waals surface area contributed by atoms with Gasteiger partial charge in [0, 0.05) is 146 Å². The van der Waals surface area contributed by atoms with E-state index in [1.54, 1.807) is 103 Å². The number of nitrogens with zero attached hydrogens (tertiary/aromatic N) is 3. The second-order valence-corrected chi connectivity index (χ2v) is 18.8. The van der Waals surface area contributed by atoms with Crippen molar-refractivity contribution in [1.29, 1.82) is 0 Å². The van der Waals surface area contributed by atoms with E-state index < -0.39 is 62.7 Å². The van der Waals surface area contributed by atoms with Crippen LogP contribution in [0.4, 0.5) is 27.1 Å². The SMILES string of the molecule is COC(=O)c1ccccc1C.COC(=O)c1ccccc1Cc1cc[c-]cc1[N+](=O)[O-].Nc1c[c-]ccc1Cc1ccccc1C(=O)O.O=C(O)c1ccccc1Cc1cc[c-]cc1[N+](=O)[O-].O=CO[O-].O=S(=O)=S(=O)=O.O=[N+]([O-])c1c[c-]ccc1F.[Cs+].[Cs+].[H-].[Na][Na].[Y].[Y].[Y].[Y]. The Morgan fingerprint density at radius 3 is 1.14 bits per heavy atom. The maximum atomic E-state index is 12.4. The van der Waals surface area contributed by atoms with E-state index in [0.29, 0.717) is 51.1 Å². The van der Waals surface area contributed by atoms with E-state index in [1.165, 1.54) is 82.1 Å². The quantitative estimate of drug-likeness (QED) is 0.0203. The van der Waals surface area contributed by atoms with Crippen LogP contribution < -0.4 is 149 Å². The number of hydrogen-bond acceptors (Lipinski definition) is 20. The molecule has 0 fully saturated rings. The first kappa shape index (κ1) is 105. The number of ether oxygens (including phenoxy) is 2. The van der Waals surface area contributed by atoms with Crippen molar-refractivity contribution in [2.75, 3.05) is 20.0 Å². The monoisotopic (exact) mass is 1900 g/mol. The molecule has 0 amide bonds. The number of nitro benzene ring substituents is 3. The molecule has 0 bridgehead atoms. The number of nitro groups is 3. The molecule has 95 heavy (non-hydrogen) atoms. The minimum absolute atomic E-state index is 0. The average molecular weight is 1900 g/mol. The summed E-state index contributed by atoms with van der Waals surface area (Å²) in [6, 6.07) is 55.9. The van der Waals surface area contributed by atoms with Crippen LogP contribution >= 0.6 is 0 Å². The smallest absolute Gasteiger partial charge is 0 e. The largest absolute Gasteiger partial charge is 0 e. The molecular formula is C59H49Cs2FN4Na2O21S2Y4-4. The number of methoxy groups -OCH3 is 2. The Kier molecular flexibility index (Phi) is 68.4. The summed E-state index contributed by atoms with van der Waals surface area (Å²) < 4.78 is 58.0. The van der Waals surface area contributed by atoms with Crippen LogP contribution in [0.3, 0.4) is 0 Å². The Morgan fingerprint density at radius 1 is 0.526 bits per heavy atom. The number of anilines is 1. The van der Waals surface area contributed by atoms with E-state index in [1.807, 2.05) is 37.3 Å². The van der Waals surface area contributed by atoms with Crippen molar-refractivity contribution >= 4 is 115 Å². The number of benzene rings is 8. The number of carboxylic acid groups (broad SMARTS) is 2. The molecule has 0 unspecified atom stereocenters. The fraction of sp³-hybridized carbons (Fsp3) is 0.102. The Labute approximate surface area is 796 Å². The van der Waals surface area contributed by atoms with Gasteiger partial charge < -0.3 is 37.0 Å². The summed E-state index contributed by atoms with van der Waals surface area (Å²) in [5.74, 6) is -3.51. The van der Waals surface area contributed by atoms with Crippen LogP contribution in [0.15, 0.2) is 170 Å². The molecule has 25 nitrogen and oxygen atoms in total. The Morgan fingerprint density at radius 2 is 0.821 bits per heavy atom. The third-order valence-corrected chi connectivity index (χ3v) is 11.9. The Bertz CT molecular complexity index is 3920. The van der Waals surface area contributed by atoms with Crippen LogP contribution in [0.5, 0.6) is 0 Å². The van der Waals surface area contributed by atoms with Crippen molar-refractivity contribution in [2.24, 2.45) is 0 Å². The van der Waals surface area contributed by atoms with Crippen molar-refractivity contribution in [2.45, 2.75) is 26.2 Å². The van der Waals surface area contributed by atoms with Crippen molar-refractivity contribution in [3.05, 3.63) is 291 Å². The summed E-state index contributed by atoms with van der Waals surface area (Å²) in [7, 11) is -3.21. The molecule has 0 saturated carbocycles. The molecule has 8 aromatic carbocycles. The van der Waals surface area contributed by atoms with Gasteiger partial charge in [0.2, 0.25) is 0 Å². The van der Waals surface area contributed by atoms with Gasteiger partial charge in [-0.1, -0.05) is 95.7 Å².